The first-order chi connectivity index (χ1) is 9.73. The molecule has 2 heterocycles. The van der Waals surface area contributed by atoms with Gasteiger partial charge in [0.15, 0.2) is 0 Å². The van der Waals surface area contributed by atoms with Crippen LogP contribution >= 0.6 is 0 Å². The summed E-state index contributed by atoms with van der Waals surface area (Å²) in [6, 6.07) is 6.26. The van der Waals surface area contributed by atoms with Crippen molar-refractivity contribution in [3.05, 3.63) is 24.4 Å². The summed E-state index contributed by atoms with van der Waals surface area (Å²) in [5.74, 6) is 1.19. The number of piperidine rings is 1. The van der Waals surface area contributed by atoms with E-state index in [0.29, 0.717) is 6.54 Å². The highest BCUT2D eigenvalue weighted by Gasteiger charge is 2.48. The predicted molar refractivity (Wildman–Crippen MR) is 78.3 cm³/mol. The lowest BCUT2D eigenvalue weighted by Gasteiger charge is -2.33. The van der Waals surface area contributed by atoms with Gasteiger partial charge in [-0.2, -0.15) is 0 Å². The molecule has 2 aliphatic rings. The van der Waals surface area contributed by atoms with Crippen molar-refractivity contribution >= 4 is 11.7 Å². The molecule has 0 bridgehead atoms. The normalized spacial score (nSPS) is 21.6. The van der Waals surface area contributed by atoms with Crippen molar-refractivity contribution in [1.82, 2.24) is 10.3 Å². The molecular formula is C15H22N4O. The Kier molecular flexibility index (Phi) is 3.61. The third-order valence-corrected chi connectivity index (χ3v) is 4.53. The Labute approximate surface area is 119 Å². The molecule has 2 fully saturated rings. The van der Waals surface area contributed by atoms with Crippen LogP contribution in [0.25, 0.3) is 0 Å². The number of nitrogens with zero attached hydrogens (tertiary/aromatic N) is 2. The number of carbonyl (C=O) groups is 1. The SMILES string of the molecule is NCC1(C(=O)NC2CCN(c3ccccn3)CC2)CC1. The number of hydrogen-bond donors (Lipinski definition) is 2. The van der Waals surface area contributed by atoms with Gasteiger partial charge in [-0.05, 0) is 37.8 Å². The van der Waals surface area contributed by atoms with Crippen LogP contribution in [0.3, 0.4) is 0 Å². The smallest absolute Gasteiger partial charge is 0.227 e. The van der Waals surface area contributed by atoms with Crippen molar-refractivity contribution in [2.75, 3.05) is 24.5 Å². The molecule has 0 atom stereocenters. The van der Waals surface area contributed by atoms with Crippen LogP contribution in [0.4, 0.5) is 5.82 Å². The number of hydrogen-bond acceptors (Lipinski definition) is 4. The zero-order chi connectivity index (χ0) is 14.0. The molecule has 3 rings (SSSR count). The minimum atomic E-state index is -0.238. The third-order valence-electron chi connectivity index (χ3n) is 4.53. The van der Waals surface area contributed by atoms with E-state index in [4.69, 9.17) is 5.73 Å². The first-order valence-electron chi connectivity index (χ1n) is 7.40. The summed E-state index contributed by atoms with van der Waals surface area (Å²) in [7, 11) is 0. The first kappa shape index (κ1) is 13.4. The summed E-state index contributed by atoms with van der Waals surface area (Å²) >= 11 is 0. The maximum Gasteiger partial charge on any atom is 0.227 e. The van der Waals surface area contributed by atoms with E-state index in [1.807, 2.05) is 24.4 Å². The van der Waals surface area contributed by atoms with Gasteiger partial charge in [-0.3, -0.25) is 4.79 Å². The summed E-state index contributed by atoms with van der Waals surface area (Å²) in [6.45, 7) is 2.36. The number of rotatable bonds is 4. The van der Waals surface area contributed by atoms with Crippen LogP contribution in [0.15, 0.2) is 24.4 Å². The zero-order valence-corrected chi connectivity index (χ0v) is 11.7. The van der Waals surface area contributed by atoms with Crippen LogP contribution < -0.4 is 16.0 Å². The lowest BCUT2D eigenvalue weighted by molar-refractivity contribution is -0.126. The molecule has 1 aliphatic heterocycles. The first-order valence-corrected chi connectivity index (χ1v) is 7.40. The summed E-state index contributed by atoms with van der Waals surface area (Å²) in [5, 5.41) is 3.18. The van der Waals surface area contributed by atoms with Gasteiger partial charge >= 0.3 is 0 Å². The molecule has 1 aliphatic carbocycles. The van der Waals surface area contributed by atoms with E-state index in [1.165, 1.54) is 0 Å². The Morgan fingerprint density at radius 1 is 1.40 bits per heavy atom. The highest BCUT2D eigenvalue weighted by molar-refractivity contribution is 5.85. The van der Waals surface area contributed by atoms with Crippen LogP contribution in [0.5, 0.6) is 0 Å². The largest absolute Gasteiger partial charge is 0.356 e. The van der Waals surface area contributed by atoms with Crippen molar-refractivity contribution in [3.63, 3.8) is 0 Å². The van der Waals surface area contributed by atoms with Gasteiger partial charge in [0, 0.05) is 31.9 Å². The van der Waals surface area contributed by atoms with Crippen LogP contribution in [0, 0.1) is 5.41 Å². The maximum atomic E-state index is 12.2. The van der Waals surface area contributed by atoms with E-state index in [9.17, 15) is 4.79 Å². The van der Waals surface area contributed by atoms with Crippen molar-refractivity contribution in [3.8, 4) is 0 Å². The third kappa shape index (κ3) is 2.63. The van der Waals surface area contributed by atoms with Crippen LogP contribution in [0.2, 0.25) is 0 Å². The summed E-state index contributed by atoms with van der Waals surface area (Å²) in [5.41, 5.74) is 5.46. The minimum Gasteiger partial charge on any atom is -0.356 e. The Balaban J connectivity index is 1.50. The van der Waals surface area contributed by atoms with E-state index >= 15 is 0 Å². The second-order valence-electron chi connectivity index (χ2n) is 5.91. The van der Waals surface area contributed by atoms with Gasteiger partial charge in [0.25, 0.3) is 0 Å². The number of aromatic nitrogens is 1. The quantitative estimate of drug-likeness (QED) is 0.856. The molecular weight excluding hydrogens is 252 g/mol. The van der Waals surface area contributed by atoms with Gasteiger partial charge in [-0.15, -0.1) is 0 Å². The fourth-order valence-electron chi connectivity index (χ4n) is 2.81. The van der Waals surface area contributed by atoms with Gasteiger partial charge in [0.1, 0.15) is 5.82 Å². The topological polar surface area (TPSA) is 71.2 Å². The molecule has 0 spiro atoms. The minimum absolute atomic E-state index is 0.163. The van der Waals surface area contributed by atoms with E-state index in [0.717, 1.165) is 44.6 Å². The van der Waals surface area contributed by atoms with Crippen LogP contribution in [0.1, 0.15) is 25.7 Å². The summed E-state index contributed by atoms with van der Waals surface area (Å²) in [6.07, 6.45) is 5.66. The fourth-order valence-corrected chi connectivity index (χ4v) is 2.81. The number of carbonyl (C=O) groups excluding carboxylic acids is 1. The molecule has 1 aromatic rings. The average molecular weight is 274 g/mol. The van der Waals surface area contributed by atoms with Gasteiger partial charge < -0.3 is 16.0 Å². The Morgan fingerprint density at radius 3 is 2.70 bits per heavy atom. The Bertz CT molecular complexity index is 464. The van der Waals surface area contributed by atoms with Gasteiger partial charge in [0.2, 0.25) is 5.91 Å². The standard InChI is InChI=1S/C15H22N4O/c16-11-15(6-7-15)14(20)18-12-4-9-19(10-5-12)13-3-1-2-8-17-13/h1-3,8,12H,4-7,9-11,16H2,(H,18,20). The number of nitrogens with two attached hydrogens (primary N) is 1. The van der Waals surface area contributed by atoms with Crippen molar-refractivity contribution in [1.29, 1.82) is 0 Å². The van der Waals surface area contributed by atoms with Gasteiger partial charge in [-0.25, -0.2) is 4.98 Å². The molecule has 1 amide bonds. The molecule has 3 N–H and O–H groups in total. The maximum absolute atomic E-state index is 12.2. The zero-order valence-electron chi connectivity index (χ0n) is 11.7. The monoisotopic (exact) mass is 274 g/mol. The highest BCUT2D eigenvalue weighted by atomic mass is 16.2. The molecule has 0 unspecified atom stereocenters. The number of anilines is 1. The summed E-state index contributed by atoms with van der Waals surface area (Å²) in [4.78, 5) is 18.8. The van der Waals surface area contributed by atoms with Crippen molar-refractivity contribution in [2.45, 2.75) is 31.7 Å². The highest BCUT2D eigenvalue weighted by Crippen LogP contribution is 2.44. The number of nitrogens with one attached hydrogen (secondary N) is 1. The Morgan fingerprint density at radius 2 is 2.15 bits per heavy atom. The van der Waals surface area contributed by atoms with E-state index in [1.54, 1.807) is 0 Å². The van der Waals surface area contributed by atoms with Gasteiger partial charge in [0.05, 0.1) is 5.41 Å². The van der Waals surface area contributed by atoms with Crippen molar-refractivity contribution < 1.29 is 4.79 Å². The number of amides is 1. The van der Waals surface area contributed by atoms with E-state index in [2.05, 4.69) is 15.2 Å². The van der Waals surface area contributed by atoms with E-state index < -0.39 is 0 Å². The van der Waals surface area contributed by atoms with Crippen LogP contribution in [-0.4, -0.2) is 36.6 Å². The fraction of sp³-hybridized carbons (Fsp3) is 0.600. The molecule has 1 saturated carbocycles. The summed E-state index contributed by atoms with van der Waals surface area (Å²) < 4.78 is 0. The van der Waals surface area contributed by atoms with Crippen molar-refractivity contribution in [2.24, 2.45) is 11.1 Å². The molecule has 1 aromatic heterocycles. The second-order valence-corrected chi connectivity index (χ2v) is 5.91. The molecule has 0 aromatic carbocycles. The Hall–Kier alpha value is -1.62. The lowest BCUT2D eigenvalue weighted by atomic mass is 10.0. The van der Waals surface area contributed by atoms with E-state index in [-0.39, 0.29) is 17.4 Å². The predicted octanol–water partition coefficient (Wildman–Crippen LogP) is 0.906. The molecule has 20 heavy (non-hydrogen) atoms. The molecule has 5 nitrogen and oxygen atoms in total. The average Bonchev–Trinajstić information content (AvgIpc) is 3.30. The molecule has 0 radical (unpaired) electrons. The number of pyridine rings is 1. The molecule has 5 heteroatoms. The molecule has 1 saturated heterocycles. The molecule has 108 valence electrons. The lowest BCUT2D eigenvalue weighted by Crippen LogP contribution is -2.48. The van der Waals surface area contributed by atoms with Crippen LogP contribution in [-0.2, 0) is 4.79 Å². The van der Waals surface area contributed by atoms with Gasteiger partial charge in [-0.1, -0.05) is 6.07 Å². The second kappa shape index (κ2) is 5.40.